The highest BCUT2D eigenvalue weighted by Crippen LogP contribution is 2.22. The highest BCUT2D eigenvalue weighted by atomic mass is 16.3. The topological polar surface area (TPSA) is 57.5 Å². The lowest BCUT2D eigenvalue weighted by Crippen LogP contribution is -2.12. The number of hydrogen-bond donors (Lipinski definition) is 2. The molecule has 2 atom stereocenters. The van der Waals surface area contributed by atoms with Crippen LogP contribution in [0.3, 0.4) is 0 Å². The molecule has 0 aromatic rings. The van der Waals surface area contributed by atoms with E-state index in [1.807, 2.05) is 0 Å². The van der Waals surface area contributed by atoms with E-state index in [4.69, 9.17) is 0 Å². The summed E-state index contributed by atoms with van der Waals surface area (Å²) in [6.45, 7) is 2.79. The van der Waals surface area contributed by atoms with E-state index in [2.05, 4.69) is 6.92 Å². The predicted octanol–water partition coefficient (Wildman–Crippen LogP) is 4.88. The van der Waals surface area contributed by atoms with Crippen LogP contribution in [-0.2, 0) is 4.79 Å². The van der Waals surface area contributed by atoms with Crippen molar-refractivity contribution in [2.45, 2.75) is 96.8 Å². The number of aldehydes is 1. The quantitative estimate of drug-likeness (QED) is 0.278. The fourth-order valence-electron chi connectivity index (χ4n) is 3.18. The number of carbonyl (C=O) groups is 1. The summed E-state index contributed by atoms with van der Waals surface area (Å²) in [5, 5.41) is 19.0. The number of carbonyl (C=O) groups excluding carboxylic acids is 1. The van der Waals surface area contributed by atoms with Crippen LogP contribution in [0.15, 0.2) is 0 Å². The zero-order valence-corrected chi connectivity index (χ0v) is 15.3. The fraction of sp³-hybridized carbons (Fsp3) is 0.950. The average Bonchev–Trinajstić information content (AvgIpc) is 2.58. The normalized spacial score (nSPS) is 13.9. The molecule has 2 unspecified atom stereocenters. The van der Waals surface area contributed by atoms with E-state index in [0.717, 1.165) is 44.8 Å². The lowest BCUT2D eigenvalue weighted by atomic mass is 9.90. The molecule has 3 heteroatoms. The van der Waals surface area contributed by atoms with E-state index in [9.17, 15) is 15.0 Å². The van der Waals surface area contributed by atoms with Crippen molar-refractivity contribution in [1.29, 1.82) is 0 Å². The Balaban J connectivity index is 3.66. The van der Waals surface area contributed by atoms with Crippen LogP contribution in [0, 0.1) is 11.8 Å². The summed E-state index contributed by atoms with van der Waals surface area (Å²) in [5.41, 5.74) is 0. The van der Waals surface area contributed by atoms with Crippen LogP contribution in [0.4, 0.5) is 0 Å². The fourth-order valence-corrected chi connectivity index (χ4v) is 3.18. The number of unbranched alkanes of at least 4 members (excludes halogenated alkanes) is 8. The number of aliphatic hydroxyl groups excluding tert-OH is 2. The van der Waals surface area contributed by atoms with Crippen molar-refractivity contribution >= 4 is 6.29 Å². The summed E-state index contributed by atoms with van der Waals surface area (Å²) >= 11 is 0. The Morgan fingerprint density at radius 1 is 0.696 bits per heavy atom. The molecule has 0 aliphatic rings. The van der Waals surface area contributed by atoms with E-state index in [1.165, 1.54) is 44.9 Å². The molecule has 0 spiro atoms. The van der Waals surface area contributed by atoms with E-state index in [-0.39, 0.29) is 6.61 Å². The van der Waals surface area contributed by atoms with E-state index in [0.29, 0.717) is 24.9 Å². The van der Waals surface area contributed by atoms with E-state index < -0.39 is 0 Å². The Morgan fingerprint density at radius 3 is 1.65 bits per heavy atom. The predicted molar refractivity (Wildman–Crippen MR) is 97.5 cm³/mol. The molecule has 0 fully saturated rings. The molecule has 0 saturated carbocycles. The van der Waals surface area contributed by atoms with Crippen molar-refractivity contribution < 1.29 is 15.0 Å². The van der Waals surface area contributed by atoms with Gasteiger partial charge in [-0.25, -0.2) is 0 Å². The first kappa shape index (κ1) is 22.6. The Morgan fingerprint density at radius 2 is 1.17 bits per heavy atom. The second-order valence-corrected chi connectivity index (χ2v) is 7.04. The van der Waals surface area contributed by atoms with Gasteiger partial charge in [0.25, 0.3) is 0 Å². The van der Waals surface area contributed by atoms with Gasteiger partial charge in [0.15, 0.2) is 0 Å². The van der Waals surface area contributed by atoms with Crippen LogP contribution in [-0.4, -0.2) is 29.7 Å². The molecular weight excluding hydrogens is 288 g/mol. The van der Waals surface area contributed by atoms with Crippen LogP contribution in [0.5, 0.6) is 0 Å². The summed E-state index contributed by atoms with van der Waals surface area (Å²) < 4.78 is 0. The first-order valence-corrected chi connectivity index (χ1v) is 9.93. The first-order valence-electron chi connectivity index (χ1n) is 9.93. The van der Waals surface area contributed by atoms with Crippen molar-refractivity contribution in [1.82, 2.24) is 0 Å². The zero-order valence-electron chi connectivity index (χ0n) is 15.3. The van der Waals surface area contributed by atoms with Crippen LogP contribution in [0.1, 0.15) is 96.8 Å². The van der Waals surface area contributed by atoms with Crippen LogP contribution >= 0.6 is 0 Å². The van der Waals surface area contributed by atoms with Gasteiger partial charge >= 0.3 is 0 Å². The zero-order chi connectivity index (χ0) is 17.2. The van der Waals surface area contributed by atoms with Crippen LogP contribution in [0.2, 0.25) is 0 Å². The van der Waals surface area contributed by atoms with Crippen molar-refractivity contribution in [2.75, 3.05) is 13.2 Å². The maximum Gasteiger partial charge on any atom is 0.119 e. The van der Waals surface area contributed by atoms with Crippen molar-refractivity contribution in [3.63, 3.8) is 0 Å². The third kappa shape index (κ3) is 14.9. The average molecular weight is 329 g/mol. The molecule has 0 rings (SSSR count). The molecule has 0 amide bonds. The molecule has 3 nitrogen and oxygen atoms in total. The van der Waals surface area contributed by atoms with Crippen LogP contribution in [0.25, 0.3) is 0 Å². The number of rotatable bonds is 18. The molecule has 23 heavy (non-hydrogen) atoms. The molecule has 0 saturated heterocycles. The molecule has 0 aliphatic carbocycles. The van der Waals surface area contributed by atoms with Gasteiger partial charge in [-0.15, -0.1) is 0 Å². The van der Waals surface area contributed by atoms with Gasteiger partial charge in [0.05, 0.1) is 0 Å². The van der Waals surface area contributed by atoms with Gasteiger partial charge in [0.1, 0.15) is 6.29 Å². The third-order valence-electron chi connectivity index (χ3n) is 4.90. The largest absolute Gasteiger partial charge is 0.396 e. The monoisotopic (exact) mass is 328 g/mol. The second-order valence-electron chi connectivity index (χ2n) is 7.04. The Bertz CT molecular complexity index is 243. The Kier molecular flexibility index (Phi) is 17.6. The number of hydrogen-bond acceptors (Lipinski definition) is 3. The highest BCUT2D eigenvalue weighted by Gasteiger charge is 2.12. The van der Waals surface area contributed by atoms with Crippen molar-refractivity contribution in [3.05, 3.63) is 0 Å². The standard InChI is InChI=1S/C20H40O3/c1-2-3-4-9-12-19(17-22)14-15-20(18-23)13-10-7-5-6-8-11-16-21/h16,19-20,22-23H,2-15,17-18H2,1H3. The maximum absolute atomic E-state index is 10.2. The molecule has 138 valence electrons. The second kappa shape index (κ2) is 17.9. The third-order valence-corrected chi connectivity index (χ3v) is 4.90. The molecule has 0 aliphatic heterocycles. The van der Waals surface area contributed by atoms with E-state index >= 15 is 0 Å². The SMILES string of the molecule is CCCCCCC(CO)CCC(CO)CCCCCCCC=O. The van der Waals surface area contributed by atoms with Gasteiger partial charge in [-0.3, -0.25) is 0 Å². The Labute approximate surface area is 143 Å². The summed E-state index contributed by atoms with van der Waals surface area (Å²) in [6.07, 6.45) is 16.8. The van der Waals surface area contributed by atoms with Gasteiger partial charge in [-0.2, -0.15) is 0 Å². The number of aliphatic hydroxyl groups is 2. The van der Waals surface area contributed by atoms with Gasteiger partial charge in [0.2, 0.25) is 0 Å². The summed E-state index contributed by atoms with van der Waals surface area (Å²) in [7, 11) is 0. The molecule has 0 aromatic carbocycles. The lowest BCUT2D eigenvalue weighted by Gasteiger charge is -2.18. The lowest BCUT2D eigenvalue weighted by molar-refractivity contribution is -0.107. The summed E-state index contributed by atoms with van der Waals surface area (Å²) in [6, 6.07) is 0. The molecule has 0 aromatic heterocycles. The molecule has 0 radical (unpaired) electrons. The van der Waals surface area contributed by atoms with Crippen molar-refractivity contribution in [3.8, 4) is 0 Å². The van der Waals surface area contributed by atoms with Gasteiger partial charge in [-0.1, -0.05) is 58.3 Å². The van der Waals surface area contributed by atoms with Crippen molar-refractivity contribution in [2.24, 2.45) is 11.8 Å². The van der Waals surface area contributed by atoms with Gasteiger partial charge in [-0.05, 0) is 43.9 Å². The van der Waals surface area contributed by atoms with Crippen LogP contribution < -0.4 is 0 Å². The first-order chi connectivity index (χ1) is 11.3. The van der Waals surface area contributed by atoms with Gasteiger partial charge < -0.3 is 15.0 Å². The Hall–Kier alpha value is -0.410. The highest BCUT2D eigenvalue weighted by molar-refractivity contribution is 5.48. The minimum Gasteiger partial charge on any atom is -0.396 e. The molecule has 0 bridgehead atoms. The van der Waals surface area contributed by atoms with E-state index in [1.54, 1.807) is 0 Å². The molecular formula is C20H40O3. The minimum atomic E-state index is 0.277. The van der Waals surface area contributed by atoms with Gasteiger partial charge in [0, 0.05) is 19.6 Å². The minimum absolute atomic E-state index is 0.277. The summed E-state index contributed by atoms with van der Waals surface area (Å²) in [4.78, 5) is 10.2. The molecule has 2 N–H and O–H groups in total. The summed E-state index contributed by atoms with van der Waals surface area (Å²) in [5.74, 6) is 0.818. The smallest absolute Gasteiger partial charge is 0.119 e. The molecule has 0 heterocycles. The maximum atomic E-state index is 10.2.